The van der Waals surface area contributed by atoms with Crippen molar-refractivity contribution in [2.24, 2.45) is 5.92 Å². The van der Waals surface area contributed by atoms with Crippen molar-refractivity contribution in [2.45, 2.75) is 147 Å². The predicted octanol–water partition coefficient (Wildman–Crippen LogP) is 5.03. The van der Waals surface area contributed by atoms with Crippen LogP contribution in [0.15, 0.2) is 54.6 Å². The lowest BCUT2D eigenvalue weighted by Gasteiger charge is -2.33. The number of nitrogens with one attached hydrogen (secondary N) is 5. The molecule has 10 N–H and O–H groups in total. The van der Waals surface area contributed by atoms with Crippen LogP contribution in [0.2, 0.25) is 0 Å². The lowest BCUT2D eigenvalue weighted by atomic mass is 9.93. The molecule has 3 amide bonds. The topological polar surface area (TPSA) is 325 Å². The minimum absolute atomic E-state index is 0.0587. The Morgan fingerprint density at radius 1 is 0.595 bits per heavy atom. The van der Waals surface area contributed by atoms with Crippen molar-refractivity contribution in [1.29, 1.82) is 0 Å². The van der Waals surface area contributed by atoms with Crippen LogP contribution in [0.3, 0.4) is 0 Å². The highest BCUT2D eigenvalue weighted by atomic mass is 32.1. The van der Waals surface area contributed by atoms with E-state index in [1.54, 1.807) is 26.8 Å². The molecule has 79 heavy (non-hydrogen) atoms. The highest BCUT2D eigenvalue weighted by Crippen LogP contribution is 2.20. The molecule has 3 rings (SSSR count). The van der Waals surface area contributed by atoms with Gasteiger partial charge in [-0.05, 0) is 99.7 Å². The zero-order chi connectivity index (χ0) is 58.0. The van der Waals surface area contributed by atoms with E-state index < -0.39 is 59.9 Å². The molecule has 0 bridgehead atoms. The zero-order valence-corrected chi connectivity index (χ0v) is 46.5. The van der Waals surface area contributed by atoms with E-state index in [0.717, 1.165) is 36.8 Å². The van der Waals surface area contributed by atoms with Crippen LogP contribution in [-0.4, -0.2) is 182 Å². The molecule has 0 saturated carbocycles. The normalized spacial score (nSPS) is 15.4. The van der Waals surface area contributed by atoms with E-state index in [2.05, 4.69) is 26.6 Å². The predicted molar refractivity (Wildman–Crippen MR) is 301 cm³/mol. The van der Waals surface area contributed by atoms with Crippen molar-refractivity contribution in [1.82, 2.24) is 36.0 Å². The van der Waals surface area contributed by atoms with E-state index >= 15 is 0 Å². The molecule has 0 spiro atoms. The second-order valence-corrected chi connectivity index (χ2v) is 20.7. The molecule has 1 heterocycles. The maximum Gasteiger partial charge on any atom is 0.326 e. The number of carbonyl (C=O) groups excluding carboxylic acids is 4. The van der Waals surface area contributed by atoms with Gasteiger partial charge in [-0.3, -0.25) is 48.3 Å². The van der Waals surface area contributed by atoms with Gasteiger partial charge in [0, 0.05) is 83.2 Å². The van der Waals surface area contributed by atoms with Crippen molar-refractivity contribution in [3.05, 3.63) is 65.7 Å². The fraction of sp³-hybridized carbons (Fsp3) is 0.607. The largest absolute Gasteiger partial charge is 0.481 e. The van der Waals surface area contributed by atoms with Crippen molar-refractivity contribution >= 4 is 76.4 Å². The number of carboxylic acids is 5. The number of carbonyl (C=O) groups is 9. The third-order valence-corrected chi connectivity index (χ3v) is 13.9. The Balaban J connectivity index is 1.40. The number of nitrogens with zero attached hydrogens (tertiary/aromatic N) is 3. The van der Waals surface area contributed by atoms with Gasteiger partial charge in [0.15, 0.2) is 10.9 Å². The smallest absolute Gasteiger partial charge is 0.326 e. The van der Waals surface area contributed by atoms with Crippen molar-refractivity contribution in [2.75, 3.05) is 70.8 Å². The molecule has 1 saturated heterocycles. The van der Waals surface area contributed by atoms with Gasteiger partial charge in [-0.1, -0.05) is 81.5 Å². The molecule has 22 nitrogen and oxygen atoms in total. The quantitative estimate of drug-likeness (QED) is 0.0310. The molecule has 2 aromatic rings. The number of benzene rings is 2. The number of aliphatic carboxylic acids is 5. The van der Waals surface area contributed by atoms with Gasteiger partial charge in [0.25, 0.3) is 0 Å². The summed E-state index contributed by atoms with van der Waals surface area (Å²) in [5.41, 5.74) is 2.41. The Kier molecular flexibility index (Phi) is 32.2. The molecule has 438 valence electrons. The molecule has 2 aromatic carbocycles. The molecule has 1 aliphatic rings. The molecule has 23 heteroatoms. The summed E-state index contributed by atoms with van der Waals surface area (Å²) in [6, 6.07) is 14.3. The molecule has 1 fully saturated rings. The first-order valence-corrected chi connectivity index (χ1v) is 28.1. The van der Waals surface area contributed by atoms with Crippen molar-refractivity contribution in [3.8, 4) is 0 Å². The number of unbranched alkanes of at least 4 members (excludes halogenated alkanes) is 7. The number of amides is 3. The van der Waals surface area contributed by atoms with Crippen LogP contribution in [-0.2, 0) is 51.2 Å². The number of urea groups is 1. The number of Topliss-reactive ketones (excluding diaryl/α,β-unsaturated/α-hetero) is 2. The first-order chi connectivity index (χ1) is 37.8. The first-order valence-electron chi connectivity index (χ1n) is 27.7. The molecule has 3 unspecified atom stereocenters. The number of anilines is 1. The fourth-order valence-corrected chi connectivity index (χ4v) is 9.68. The minimum atomic E-state index is -1.07. The lowest BCUT2D eigenvalue weighted by molar-refractivity contribution is -0.144. The van der Waals surface area contributed by atoms with Crippen LogP contribution >= 0.6 is 12.2 Å². The van der Waals surface area contributed by atoms with Crippen LogP contribution in [0.5, 0.6) is 0 Å². The average Bonchev–Trinajstić information content (AvgIpc) is 3.45. The highest BCUT2D eigenvalue weighted by molar-refractivity contribution is 7.80. The van der Waals surface area contributed by atoms with Gasteiger partial charge < -0.3 is 52.1 Å². The third kappa shape index (κ3) is 29.8. The van der Waals surface area contributed by atoms with Gasteiger partial charge in [-0.25, -0.2) is 9.59 Å². The Bertz CT molecular complexity index is 2260. The number of ketones is 2. The number of carboxylic acid groups (broad SMARTS) is 5. The van der Waals surface area contributed by atoms with E-state index in [1.165, 1.54) is 0 Å². The first kappa shape index (κ1) is 66.7. The Hall–Kier alpha value is -6.56. The Morgan fingerprint density at radius 3 is 1.84 bits per heavy atom. The van der Waals surface area contributed by atoms with Crippen LogP contribution in [0.4, 0.5) is 10.5 Å². The van der Waals surface area contributed by atoms with Gasteiger partial charge in [0.1, 0.15) is 11.8 Å². The summed E-state index contributed by atoms with van der Waals surface area (Å²) in [5, 5.41) is 62.4. The van der Waals surface area contributed by atoms with Crippen LogP contribution in [0.1, 0.15) is 127 Å². The monoisotopic (exact) mass is 1120 g/mol. The third-order valence-electron chi connectivity index (χ3n) is 13.7. The SMILES string of the molecule is CCC[C@H](NC(=O)NCCCCCNC(=O)CCCCCCC(=O)CC(CCCCCC(=O)C(Cc1ccccc1)NC(=S)Nc1ccc(CC2CN(CC(=O)O)CCN(CC(=O)O)CCN2CC(=O)O)cc1)C(=O)O)C(=O)O. The number of thiocarbonyl (C=S) groups is 1. The molecule has 0 radical (unpaired) electrons. The summed E-state index contributed by atoms with van der Waals surface area (Å²) in [5.74, 6) is -6.29. The Labute approximate surface area is 468 Å². The molecule has 4 atom stereocenters. The maximum atomic E-state index is 13.7. The van der Waals surface area contributed by atoms with E-state index in [4.69, 9.17) is 17.3 Å². The zero-order valence-electron chi connectivity index (χ0n) is 45.7. The van der Waals surface area contributed by atoms with Gasteiger partial charge in [0.2, 0.25) is 5.91 Å². The average molecular weight is 1130 g/mol. The van der Waals surface area contributed by atoms with Crippen LogP contribution in [0.25, 0.3) is 0 Å². The highest BCUT2D eigenvalue weighted by Gasteiger charge is 2.29. The second-order valence-electron chi connectivity index (χ2n) is 20.3. The Morgan fingerprint density at radius 2 is 1.19 bits per heavy atom. The van der Waals surface area contributed by atoms with E-state index in [-0.39, 0.29) is 74.6 Å². The summed E-state index contributed by atoms with van der Waals surface area (Å²) < 4.78 is 0. The summed E-state index contributed by atoms with van der Waals surface area (Å²) >= 11 is 5.68. The molecular formula is C56H84N8O14S. The fourth-order valence-electron chi connectivity index (χ4n) is 9.42. The summed E-state index contributed by atoms with van der Waals surface area (Å²) in [6.07, 6.45) is 9.45. The summed E-state index contributed by atoms with van der Waals surface area (Å²) in [4.78, 5) is 114. The van der Waals surface area contributed by atoms with Crippen molar-refractivity contribution < 1.29 is 68.7 Å². The molecule has 1 aliphatic heterocycles. The number of hydrogen-bond donors (Lipinski definition) is 10. The number of rotatable bonds is 39. The van der Waals surface area contributed by atoms with Gasteiger partial charge in [-0.2, -0.15) is 0 Å². The number of hydrogen-bond acceptors (Lipinski definition) is 13. The lowest BCUT2D eigenvalue weighted by Crippen LogP contribution is -2.49. The van der Waals surface area contributed by atoms with E-state index in [1.807, 2.05) is 49.4 Å². The van der Waals surface area contributed by atoms with Crippen molar-refractivity contribution in [3.63, 3.8) is 0 Å². The maximum absolute atomic E-state index is 13.7. The molecule has 0 aromatic heterocycles. The summed E-state index contributed by atoms with van der Waals surface area (Å²) in [7, 11) is 0. The minimum Gasteiger partial charge on any atom is -0.481 e. The van der Waals surface area contributed by atoms with E-state index in [9.17, 15) is 63.6 Å². The summed E-state index contributed by atoms with van der Waals surface area (Å²) in [6.45, 7) is 3.32. The molecular weight excluding hydrogens is 1040 g/mol. The van der Waals surface area contributed by atoms with Crippen LogP contribution in [0, 0.1) is 5.92 Å². The second kappa shape index (κ2) is 38.1. The van der Waals surface area contributed by atoms with Crippen LogP contribution < -0.4 is 26.6 Å². The van der Waals surface area contributed by atoms with Gasteiger partial charge in [-0.15, -0.1) is 0 Å². The molecule has 0 aliphatic carbocycles. The standard InChI is InChI=1S/C56H84N8O14S/c1-2-16-46(54(76)77)60-55(78)58-28-15-7-14-27-57-49(67)22-13-4-3-11-20-45(65)35-42(53(74)75)19-10-6-12-21-48(66)47(34-40-17-8-5-9-18-40)61-56(79)59-43-25-23-41(24-26-43)33-44-36-63(38-51(70)71)30-29-62(37-50(68)69)31-32-64(44)39-52(72)73/h5,8-9,17-18,23-26,42,44,46-47H,2-4,6-7,10-16,19-22,27-39H2,1H3,(H,57,67)(H,68,69)(H,70,71)(H,72,73)(H,74,75)(H,76,77)(H2,58,60,78)(H2,59,61,79)/t42?,44?,46-,47?/m0/s1. The van der Waals surface area contributed by atoms with Gasteiger partial charge >= 0.3 is 35.9 Å². The van der Waals surface area contributed by atoms with Gasteiger partial charge in [0.05, 0.1) is 31.6 Å². The van der Waals surface area contributed by atoms with E-state index in [0.29, 0.717) is 115 Å².